The number of nitrogens with one attached hydrogen (secondary N) is 1. The summed E-state index contributed by atoms with van der Waals surface area (Å²) in [5, 5.41) is 2.54. The number of hydrogen-bond acceptors (Lipinski definition) is 6. The first kappa shape index (κ1) is 22.9. The van der Waals surface area contributed by atoms with Crippen LogP contribution in [0.1, 0.15) is 45.6 Å². The van der Waals surface area contributed by atoms with E-state index < -0.39 is 17.6 Å². The summed E-state index contributed by atoms with van der Waals surface area (Å²) in [4.78, 5) is 40.3. The Morgan fingerprint density at radius 1 is 1.22 bits per heavy atom. The second kappa shape index (κ2) is 9.27. The van der Waals surface area contributed by atoms with Gasteiger partial charge in [0.25, 0.3) is 5.91 Å². The molecule has 4 rings (SSSR count). The summed E-state index contributed by atoms with van der Waals surface area (Å²) in [5.74, 6) is -0.426. The van der Waals surface area contributed by atoms with Crippen LogP contribution in [0.2, 0.25) is 0 Å². The molecule has 0 aliphatic carbocycles. The van der Waals surface area contributed by atoms with Gasteiger partial charge in [0.2, 0.25) is 5.91 Å². The van der Waals surface area contributed by atoms with Crippen molar-refractivity contribution in [3.63, 3.8) is 0 Å². The predicted octanol–water partition coefficient (Wildman–Crippen LogP) is 2.79. The number of esters is 1. The summed E-state index contributed by atoms with van der Waals surface area (Å²) in [6, 6.07) is 8.76. The molecule has 1 unspecified atom stereocenters. The molecule has 1 N–H and O–H groups in total. The first-order valence-corrected chi connectivity index (χ1v) is 12.2. The van der Waals surface area contributed by atoms with Crippen LogP contribution in [0.4, 0.5) is 0 Å². The van der Waals surface area contributed by atoms with E-state index in [9.17, 15) is 14.4 Å². The average molecular weight is 459 g/mol. The second-order valence-corrected chi connectivity index (χ2v) is 10.5. The van der Waals surface area contributed by atoms with Crippen molar-refractivity contribution in [3.05, 3.63) is 47.2 Å². The summed E-state index contributed by atoms with van der Waals surface area (Å²) in [6.07, 6.45) is 2.87. The Hall–Kier alpha value is -2.32. The van der Waals surface area contributed by atoms with E-state index in [-0.39, 0.29) is 29.7 Å². The molecule has 1 aromatic carbocycles. The lowest BCUT2D eigenvalue weighted by molar-refractivity contribution is -0.159. The lowest BCUT2D eigenvalue weighted by Crippen LogP contribution is -2.71. The van der Waals surface area contributed by atoms with E-state index >= 15 is 0 Å². The summed E-state index contributed by atoms with van der Waals surface area (Å²) in [5.41, 5.74) is 1.33. The van der Waals surface area contributed by atoms with E-state index in [1.54, 1.807) is 11.8 Å². The number of amides is 2. The third-order valence-electron chi connectivity index (χ3n) is 5.68. The van der Waals surface area contributed by atoms with Gasteiger partial charge in [-0.1, -0.05) is 30.3 Å². The molecule has 0 aromatic heterocycles. The molecular weight excluding hydrogens is 428 g/mol. The molecule has 0 saturated carbocycles. The van der Waals surface area contributed by atoms with Gasteiger partial charge in [0.1, 0.15) is 22.7 Å². The highest BCUT2D eigenvalue weighted by molar-refractivity contribution is 8.00. The van der Waals surface area contributed by atoms with Crippen LogP contribution < -0.4 is 5.32 Å². The van der Waals surface area contributed by atoms with Crippen LogP contribution >= 0.6 is 11.8 Å². The lowest BCUT2D eigenvalue weighted by Gasteiger charge is -2.50. The minimum atomic E-state index is -0.681. The van der Waals surface area contributed by atoms with E-state index in [0.29, 0.717) is 18.1 Å². The summed E-state index contributed by atoms with van der Waals surface area (Å²) < 4.78 is 11.6. The fraction of sp³-hybridized carbons (Fsp3) is 0.542. The van der Waals surface area contributed by atoms with Crippen molar-refractivity contribution in [2.24, 2.45) is 0 Å². The van der Waals surface area contributed by atoms with Crippen molar-refractivity contribution in [3.8, 4) is 0 Å². The summed E-state index contributed by atoms with van der Waals surface area (Å²) in [7, 11) is 0. The molecule has 3 aliphatic heterocycles. The molecule has 32 heavy (non-hydrogen) atoms. The highest BCUT2D eigenvalue weighted by Crippen LogP contribution is 2.43. The Labute approximate surface area is 192 Å². The van der Waals surface area contributed by atoms with Gasteiger partial charge >= 0.3 is 5.97 Å². The number of carbonyl (C=O) groups is 3. The van der Waals surface area contributed by atoms with Crippen molar-refractivity contribution >= 4 is 29.5 Å². The standard InChI is InChI=1S/C24H30N2O5S/c1-24(2,3)31-23(29)20-16(17-11-7-8-12-30-17)14-32-22-19(21(28)26(20)22)25-18(27)13-15-9-5-4-6-10-15/h4-6,9-10,17,19,22H,7-8,11-14H2,1-3H3,(H,25,27)/t17?,19-,22-/m1/s1. The van der Waals surface area contributed by atoms with Crippen molar-refractivity contribution in [2.75, 3.05) is 12.4 Å². The molecule has 3 heterocycles. The molecule has 172 valence electrons. The minimum absolute atomic E-state index is 0.181. The van der Waals surface area contributed by atoms with Crippen LogP contribution in [0.25, 0.3) is 0 Å². The zero-order valence-corrected chi connectivity index (χ0v) is 19.6. The van der Waals surface area contributed by atoms with Gasteiger partial charge in [-0.25, -0.2) is 4.79 Å². The number of hydrogen-bond donors (Lipinski definition) is 1. The Bertz CT molecular complexity index is 918. The second-order valence-electron chi connectivity index (χ2n) is 9.35. The van der Waals surface area contributed by atoms with E-state index in [1.165, 1.54) is 4.90 Å². The maximum absolute atomic E-state index is 13.1. The molecule has 8 heteroatoms. The maximum atomic E-state index is 13.1. The maximum Gasteiger partial charge on any atom is 0.355 e. The smallest absolute Gasteiger partial charge is 0.355 e. The van der Waals surface area contributed by atoms with Gasteiger partial charge < -0.3 is 14.8 Å². The highest BCUT2D eigenvalue weighted by Gasteiger charge is 2.55. The van der Waals surface area contributed by atoms with Crippen molar-refractivity contribution in [2.45, 2.75) is 69.6 Å². The van der Waals surface area contributed by atoms with Crippen molar-refractivity contribution in [1.82, 2.24) is 10.2 Å². The Kier molecular flexibility index (Phi) is 6.62. The van der Waals surface area contributed by atoms with Crippen LogP contribution in [-0.4, -0.2) is 58.2 Å². The molecular formula is C24H30N2O5S. The molecule has 3 atom stereocenters. The van der Waals surface area contributed by atoms with Crippen LogP contribution in [0, 0.1) is 0 Å². The third-order valence-corrected chi connectivity index (χ3v) is 6.98. The summed E-state index contributed by atoms with van der Waals surface area (Å²) >= 11 is 1.56. The van der Waals surface area contributed by atoms with Crippen LogP contribution in [0.15, 0.2) is 41.6 Å². The van der Waals surface area contributed by atoms with Crippen LogP contribution in [0.5, 0.6) is 0 Å². The van der Waals surface area contributed by atoms with Gasteiger partial charge in [-0.05, 0) is 51.2 Å². The van der Waals surface area contributed by atoms with Crippen molar-refractivity contribution < 1.29 is 23.9 Å². The number of thioether (sulfide) groups is 1. The normalized spacial score (nSPS) is 25.7. The Morgan fingerprint density at radius 2 is 1.97 bits per heavy atom. The molecule has 2 saturated heterocycles. The molecule has 7 nitrogen and oxygen atoms in total. The number of rotatable bonds is 5. The van der Waals surface area contributed by atoms with E-state index in [2.05, 4.69) is 5.32 Å². The number of benzene rings is 1. The van der Waals surface area contributed by atoms with Gasteiger partial charge in [0.05, 0.1) is 12.5 Å². The molecule has 0 radical (unpaired) electrons. The molecule has 1 aromatic rings. The minimum Gasteiger partial charge on any atom is -0.455 e. The van der Waals surface area contributed by atoms with E-state index in [1.807, 2.05) is 51.1 Å². The third kappa shape index (κ3) is 4.86. The van der Waals surface area contributed by atoms with Gasteiger partial charge in [-0.15, -0.1) is 11.8 Å². The number of β-lactam (4-membered cyclic amide) rings is 1. The molecule has 0 spiro atoms. The van der Waals surface area contributed by atoms with Gasteiger partial charge in [-0.3, -0.25) is 14.5 Å². The zero-order chi connectivity index (χ0) is 22.9. The lowest BCUT2D eigenvalue weighted by atomic mass is 9.96. The number of fused-ring (bicyclic) bond motifs is 1. The van der Waals surface area contributed by atoms with Crippen molar-refractivity contribution in [1.29, 1.82) is 0 Å². The monoisotopic (exact) mass is 458 g/mol. The van der Waals surface area contributed by atoms with E-state index in [4.69, 9.17) is 9.47 Å². The Balaban J connectivity index is 1.53. The fourth-order valence-corrected chi connectivity index (χ4v) is 5.63. The topological polar surface area (TPSA) is 84.9 Å². The molecule has 2 fully saturated rings. The summed E-state index contributed by atoms with van der Waals surface area (Å²) in [6.45, 7) is 6.07. The number of carbonyl (C=O) groups excluding carboxylic acids is 3. The quantitative estimate of drug-likeness (QED) is 0.540. The predicted molar refractivity (Wildman–Crippen MR) is 122 cm³/mol. The van der Waals surface area contributed by atoms with Gasteiger partial charge in [0, 0.05) is 12.4 Å². The molecule has 3 aliphatic rings. The van der Waals surface area contributed by atoms with Gasteiger partial charge in [-0.2, -0.15) is 0 Å². The highest BCUT2D eigenvalue weighted by atomic mass is 32.2. The van der Waals surface area contributed by atoms with Crippen LogP contribution in [0.3, 0.4) is 0 Å². The first-order chi connectivity index (χ1) is 15.2. The largest absolute Gasteiger partial charge is 0.455 e. The fourth-order valence-electron chi connectivity index (χ4n) is 4.23. The SMILES string of the molecule is CC(C)(C)OC(=O)C1=C(C2CCCCO2)CS[C@@H]2[C@H](NC(=O)Cc3ccccc3)C(=O)N12. The average Bonchev–Trinajstić information content (AvgIpc) is 2.76. The molecule has 0 bridgehead atoms. The van der Waals surface area contributed by atoms with E-state index in [0.717, 1.165) is 30.4 Å². The Morgan fingerprint density at radius 3 is 2.62 bits per heavy atom. The molecule has 2 amide bonds. The van der Waals surface area contributed by atoms with Gasteiger partial charge in [0.15, 0.2) is 0 Å². The zero-order valence-electron chi connectivity index (χ0n) is 18.8. The first-order valence-electron chi connectivity index (χ1n) is 11.1. The number of nitrogens with zero attached hydrogens (tertiary/aromatic N) is 1. The van der Waals surface area contributed by atoms with Crippen LogP contribution in [-0.2, 0) is 30.3 Å². The number of ether oxygens (including phenoxy) is 2.